The molecule has 0 spiro atoms. The van der Waals surface area contributed by atoms with Crippen LogP contribution in [0.4, 0.5) is 0 Å². The van der Waals surface area contributed by atoms with E-state index in [9.17, 15) is 8.42 Å². The first kappa shape index (κ1) is 19.2. The van der Waals surface area contributed by atoms with Gasteiger partial charge in [-0.25, -0.2) is 0 Å². The van der Waals surface area contributed by atoms with Gasteiger partial charge in [-0.1, -0.05) is 0 Å². The Balaban J connectivity index is -0.0000000533. The van der Waals surface area contributed by atoms with Gasteiger partial charge in [0.25, 0.3) is 10.1 Å². The van der Waals surface area contributed by atoms with Gasteiger partial charge in [-0.3, -0.25) is 4.55 Å². The molecule has 0 rings (SSSR count). The van der Waals surface area contributed by atoms with Crippen molar-refractivity contribution in [1.82, 2.24) is 0 Å². The molecule has 0 aromatic rings. The molecule has 0 atom stereocenters. The van der Waals surface area contributed by atoms with Gasteiger partial charge in [0.1, 0.15) is 0 Å². The first-order chi connectivity index (χ1) is 3.92. The third kappa shape index (κ3) is 19.1. The molecule has 1 N–H and O–H groups in total. The Bertz CT molecular complexity index is 175. The van der Waals surface area contributed by atoms with Crippen molar-refractivity contribution >= 4 is 35.4 Å². The Kier molecular flexibility index (Phi) is 16.0. The second-order valence-electron chi connectivity index (χ2n) is 1.56. The maximum absolute atomic E-state index is 10.0. The number of hydrogen-bond donors (Lipinski definition) is 3. The van der Waals surface area contributed by atoms with E-state index in [-0.39, 0.29) is 78.7 Å². The summed E-state index contributed by atoms with van der Waals surface area (Å²) < 4.78 is 27.9. The average Bonchev–Trinajstić information content (AvgIpc) is 1.59. The zero-order valence-corrected chi connectivity index (χ0v) is 13.2. The van der Waals surface area contributed by atoms with E-state index in [1.54, 1.807) is 0 Å². The summed E-state index contributed by atoms with van der Waals surface area (Å²) >= 11 is 7.60. The summed E-state index contributed by atoms with van der Waals surface area (Å²) in [7, 11) is -3.82. The molecule has 0 aliphatic rings. The third-order valence-electron chi connectivity index (χ3n) is 0.634. The van der Waals surface area contributed by atoms with Crippen LogP contribution in [0.25, 0.3) is 0 Å². The molecule has 60 valence electrons. The van der Waals surface area contributed by atoms with Crippen LogP contribution in [0.1, 0.15) is 9.27 Å². The maximum atomic E-state index is 10.0. The Morgan fingerprint density at radius 1 is 1.36 bits per heavy atom. The average molecular weight is 236 g/mol. The zero-order chi connectivity index (χ0) is 7.49. The van der Waals surface area contributed by atoms with Gasteiger partial charge >= 0.3 is 59.1 Å². The molecule has 0 aliphatic heterocycles. The van der Waals surface area contributed by atoms with Crippen LogP contribution in [0.15, 0.2) is 0 Å². The van der Waals surface area contributed by atoms with Crippen molar-refractivity contribution in [1.29, 1.82) is 0 Å². The molecule has 0 amide bonds. The largest absolute Gasteiger partial charge is 1.00 e. The molecular weight excluding hydrogens is 226 g/mol. The van der Waals surface area contributed by atoms with Gasteiger partial charge in [-0.2, -0.15) is 33.7 Å². The second kappa shape index (κ2) is 9.18. The summed E-state index contributed by atoms with van der Waals surface area (Å²) in [4.78, 5) is 0. The SMILES string of the molecule is O=S(=O)(O)CCC(S)S.[H-].[H-].[Na+].[Na+]. The Labute approximate surface area is 125 Å². The van der Waals surface area contributed by atoms with Crippen LogP contribution in [0.5, 0.6) is 0 Å². The van der Waals surface area contributed by atoms with Crippen LogP contribution in [-0.4, -0.2) is 23.3 Å². The third-order valence-corrected chi connectivity index (χ3v) is 1.90. The zero-order valence-electron chi connectivity index (χ0n) is 8.56. The summed E-state index contributed by atoms with van der Waals surface area (Å²) in [5, 5.41) is 0. The van der Waals surface area contributed by atoms with Crippen LogP contribution in [0, 0.1) is 0 Å². The van der Waals surface area contributed by atoms with Crippen molar-refractivity contribution in [2.75, 3.05) is 5.75 Å². The van der Waals surface area contributed by atoms with Crippen molar-refractivity contribution in [2.24, 2.45) is 0 Å². The normalized spacial score (nSPS) is 10.2. The van der Waals surface area contributed by atoms with Gasteiger partial charge in [-0.15, -0.1) is 0 Å². The Morgan fingerprint density at radius 2 is 1.73 bits per heavy atom. The first-order valence-corrected chi connectivity index (χ1v) is 4.87. The van der Waals surface area contributed by atoms with Gasteiger partial charge in [-0.05, 0) is 6.42 Å². The quantitative estimate of drug-likeness (QED) is 0.199. The molecular formula is C3H10Na2O3S3. The van der Waals surface area contributed by atoms with E-state index in [0.29, 0.717) is 0 Å². The molecule has 0 aromatic heterocycles. The number of thiol groups is 2. The molecule has 0 heterocycles. The van der Waals surface area contributed by atoms with Gasteiger partial charge in [0.2, 0.25) is 0 Å². The summed E-state index contributed by atoms with van der Waals surface area (Å²) in [6.45, 7) is 0. The first-order valence-electron chi connectivity index (χ1n) is 2.23. The van der Waals surface area contributed by atoms with E-state index in [0.717, 1.165) is 0 Å². The molecule has 0 fully saturated rings. The molecule has 0 saturated heterocycles. The van der Waals surface area contributed by atoms with Crippen LogP contribution >= 0.6 is 25.3 Å². The fourth-order valence-corrected chi connectivity index (χ4v) is 1.40. The van der Waals surface area contributed by atoms with E-state index < -0.39 is 10.1 Å². The molecule has 0 saturated carbocycles. The van der Waals surface area contributed by atoms with Gasteiger partial charge in [0.05, 0.1) is 5.75 Å². The van der Waals surface area contributed by atoms with Gasteiger partial charge in [0, 0.05) is 4.58 Å². The minimum atomic E-state index is -3.82. The number of rotatable bonds is 3. The predicted molar refractivity (Wildman–Crippen MR) is 45.0 cm³/mol. The van der Waals surface area contributed by atoms with E-state index in [4.69, 9.17) is 4.55 Å². The topological polar surface area (TPSA) is 54.4 Å². The molecule has 8 heteroatoms. The summed E-state index contributed by atoms with van der Waals surface area (Å²) in [5.74, 6) is -0.273. The molecule has 11 heavy (non-hydrogen) atoms. The fourth-order valence-electron chi connectivity index (χ4n) is 0.254. The Morgan fingerprint density at radius 3 is 1.82 bits per heavy atom. The molecule has 0 radical (unpaired) electrons. The van der Waals surface area contributed by atoms with Crippen molar-refractivity contribution in [3.63, 3.8) is 0 Å². The predicted octanol–water partition coefficient (Wildman–Crippen LogP) is -5.32. The van der Waals surface area contributed by atoms with Crippen molar-refractivity contribution in [3.8, 4) is 0 Å². The maximum Gasteiger partial charge on any atom is 1.00 e. The monoisotopic (exact) mass is 236 g/mol. The molecule has 0 unspecified atom stereocenters. The van der Waals surface area contributed by atoms with Crippen molar-refractivity contribution in [2.45, 2.75) is 11.0 Å². The summed E-state index contributed by atoms with van der Waals surface area (Å²) in [6, 6.07) is 0. The molecule has 0 bridgehead atoms. The van der Waals surface area contributed by atoms with E-state index in [2.05, 4.69) is 25.3 Å². The van der Waals surface area contributed by atoms with Crippen molar-refractivity contribution in [3.05, 3.63) is 0 Å². The van der Waals surface area contributed by atoms with Gasteiger partial charge in [0.15, 0.2) is 0 Å². The van der Waals surface area contributed by atoms with E-state index in [1.807, 2.05) is 0 Å². The van der Waals surface area contributed by atoms with Crippen LogP contribution < -0.4 is 59.1 Å². The minimum absolute atomic E-state index is 0. The summed E-state index contributed by atoms with van der Waals surface area (Å²) in [6.07, 6.45) is 0.255. The molecule has 0 aliphatic carbocycles. The summed E-state index contributed by atoms with van der Waals surface area (Å²) in [5.41, 5.74) is 0. The van der Waals surface area contributed by atoms with Crippen LogP contribution in [0.2, 0.25) is 0 Å². The smallest absolute Gasteiger partial charge is 1.00 e. The Hall–Kier alpha value is 2.61. The van der Waals surface area contributed by atoms with Crippen LogP contribution in [0.3, 0.4) is 0 Å². The van der Waals surface area contributed by atoms with E-state index >= 15 is 0 Å². The molecule has 0 aromatic carbocycles. The van der Waals surface area contributed by atoms with Crippen LogP contribution in [-0.2, 0) is 10.1 Å². The minimum Gasteiger partial charge on any atom is -1.00 e. The fraction of sp³-hybridized carbons (Fsp3) is 1.00. The second-order valence-corrected chi connectivity index (χ2v) is 4.78. The van der Waals surface area contributed by atoms with Gasteiger partial charge < -0.3 is 2.85 Å². The number of hydrogen-bond acceptors (Lipinski definition) is 4. The standard InChI is InChI=1S/C3H8O3S3.2Na.2H/c4-9(5,6)2-1-3(7)8;;;;/h3,7-8H,1-2H2,(H,4,5,6);;;;/q;2*+1;2*-1. The van der Waals surface area contributed by atoms with E-state index in [1.165, 1.54) is 0 Å². The molecule has 3 nitrogen and oxygen atoms in total. The van der Waals surface area contributed by atoms with Crippen molar-refractivity contribution < 1.29 is 74.9 Å².